The summed E-state index contributed by atoms with van der Waals surface area (Å²) in [6.45, 7) is 1.45. The minimum absolute atomic E-state index is 0.129. The van der Waals surface area contributed by atoms with E-state index in [0.29, 0.717) is 10.7 Å². The molecule has 0 saturated heterocycles. The van der Waals surface area contributed by atoms with Crippen molar-refractivity contribution in [1.29, 1.82) is 0 Å². The first-order chi connectivity index (χ1) is 13.3. The largest absolute Gasteiger partial charge is 0.480 e. The van der Waals surface area contributed by atoms with Crippen LogP contribution in [0.5, 0.6) is 0 Å². The summed E-state index contributed by atoms with van der Waals surface area (Å²) in [4.78, 5) is 35.8. The molecule has 9 heteroatoms. The third kappa shape index (κ3) is 6.44. The van der Waals surface area contributed by atoms with Crippen LogP contribution in [0.2, 0.25) is 10.0 Å². The van der Waals surface area contributed by atoms with Crippen LogP contribution < -0.4 is 16.0 Å². The average Bonchev–Trinajstić information content (AvgIpc) is 2.64. The van der Waals surface area contributed by atoms with Gasteiger partial charge in [0.25, 0.3) is 0 Å². The molecule has 28 heavy (non-hydrogen) atoms. The molecule has 0 spiro atoms. The Kier molecular flexibility index (Phi) is 7.66. The predicted molar refractivity (Wildman–Crippen MR) is 108 cm³/mol. The average molecular weight is 424 g/mol. The van der Waals surface area contributed by atoms with Gasteiger partial charge in [0.05, 0.1) is 10.0 Å². The summed E-state index contributed by atoms with van der Waals surface area (Å²) in [6.07, 6.45) is 0.129. The third-order valence-electron chi connectivity index (χ3n) is 3.82. The maximum atomic E-state index is 12.3. The highest BCUT2D eigenvalue weighted by molar-refractivity contribution is 6.42. The first-order valence-corrected chi connectivity index (χ1v) is 9.11. The van der Waals surface area contributed by atoms with Crippen molar-refractivity contribution in [2.75, 3.05) is 5.32 Å². The highest BCUT2D eigenvalue weighted by Crippen LogP contribution is 2.24. The highest BCUT2D eigenvalue weighted by Gasteiger charge is 2.24. The van der Waals surface area contributed by atoms with Gasteiger partial charge in [-0.05, 0) is 30.7 Å². The van der Waals surface area contributed by atoms with Crippen LogP contribution in [0.25, 0.3) is 0 Å². The van der Waals surface area contributed by atoms with E-state index in [4.69, 9.17) is 23.2 Å². The van der Waals surface area contributed by atoms with Crippen LogP contribution in [0.15, 0.2) is 48.5 Å². The molecule has 2 aromatic rings. The molecule has 0 fully saturated rings. The smallest absolute Gasteiger partial charge is 0.326 e. The fraction of sp³-hybridized carbons (Fsp3) is 0.211. The van der Waals surface area contributed by atoms with Gasteiger partial charge in [-0.25, -0.2) is 9.59 Å². The monoisotopic (exact) mass is 423 g/mol. The lowest BCUT2D eigenvalue weighted by Crippen LogP contribution is -2.51. The van der Waals surface area contributed by atoms with Crippen molar-refractivity contribution in [2.45, 2.75) is 25.4 Å². The van der Waals surface area contributed by atoms with Gasteiger partial charge in [-0.1, -0.05) is 53.5 Å². The molecule has 2 aromatic carbocycles. The molecular weight excluding hydrogens is 405 g/mol. The highest BCUT2D eigenvalue weighted by atomic mass is 35.5. The first kappa shape index (κ1) is 21.5. The Morgan fingerprint density at radius 1 is 1.00 bits per heavy atom. The number of hydrogen-bond donors (Lipinski definition) is 4. The molecule has 0 saturated carbocycles. The van der Waals surface area contributed by atoms with Gasteiger partial charge in [0, 0.05) is 12.1 Å². The number of amides is 3. The number of anilines is 1. The maximum Gasteiger partial charge on any atom is 0.326 e. The lowest BCUT2D eigenvalue weighted by Gasteiger charge is -2.19. The number of rotatable bonds is 7. The minimum Gasteiger partial charge on any atom is -0.480 e. The zero-order chi connectivity index (χ0) is 20.7. The van der Waals surface area contributed by atoms with Crippen molar-refractivity contribution in [3.05, 3.63) is 64.1 Å². The summed E-state index contributed by atoms with van der Waals surface area (Å²) in [6, 6.07) is 10.8. The third-order valence-corrected chi connectivity index (χ3v) is 4.55. The molecule has 0 radical (unpaired) electrons. The summed E-state index contributed by atoms with van der Waals surface area (Å²) < 4.78 is 0. The van der Waals surface area contributed by atoms with Gasteiger partial charge in [0.15, 0.2) is 0 Å². The van der Waals surface area contributed by atoms with Crippen LogP contribution in [0.4, 0.5) is 10.5 Å². The molecule has 2 unspecified atom stereocenters. The first-order valence-electron chi connectivity index (χ1n) is 8.36. The van der Waals surface area contributed by atoms with Crippen molar-refractivity contribution in [3.63, 3.8) is 0 Å². The van der Waals surface area contributed by atoms with Gasteiger partial charge in [-0.3, -0.25) is 4.79 Å². The van der Waals surface area contributed by atoms with Crippen LogP contribution in [0.1, 0.15) is 12.5 Å². The number of benzene rings is 2. The van der Waals surface area contributed by atoms with Crippen LogP contribution in [0, 0.1) is 0 Å². The fourth-order valence-electron chi connectivity index (χ4n) is 2.35. The maximum absolute atomic E-state index is 12.3. The van der Waals surface area contributed by atoms with E-state index in [1.807, 2.05) is 6.07 Å². The number of urea groups is 1. The van der Waals surface area contributed by atoms with Crippen LogP contribution in [-0.2, 0) is 16.0 Å². The number of carbonyl (C=O) groups is 3. The van der Waals surface area contributed by atoms with Gasteiger partial charge >= 0.3 is 12.0 Å². The minimum atomic E-state index is -1.16. The molecule has 7 nitrogen and oxygen atoms in total. The normalized spacial score (nSPS) is 12.5. The molecule has 3 amide bonds. The van der Waals surface area contributed by atoms with Crippen LogP contribution in [0.3, 0.4) is 0 Å². The second-order valence-corrected chi connectivity index (χ2v) is 6.85. The number of carboxylic acid groups (broad SMARTS) is 1. The summed E-state index contributed by atoms with van der Waals surface area (Å²) in [5, 5.41) is 17.4. The summed E-state index contributed by atoms with van der Waals surface area (Å²) in [5.41, 5.74) is 1.17. The van der Waals surface area contributed by atoms with E-state index in [-0.39, 0.29) is 11.4 Å². The van der Waals surface area contributed by atoms with E-state index in [9.17, 15) is 19.5 Å². The number of carboxylic acids is 1. The fourth-order valence-corrected chi connectivity index (χ4v) is 2.65. The van der Waals surface area contributed by atoms with Crippen molar-refractivity contribution < 1.29 is 19.5 Å². The van der Waals surface area contributed by atoms with Gasteiger partial charge in [-0.2, -0.15) is 0 Å². The van der Waals surface area contributed by atoms with Crippen molar-refractivity contribution >= 4 is 46.8 Å². The Morgan fingerprint density at radius 2 is 1.68 bits per heavy atom. The van der Waals surface area contributed by atoms with Gasteiger partial charge < -0.3 is 21.1 Å². The Morgan fingerprint density at radius 3 is 2.29 bits per heavy atom. The topological polar surface area (TPSA) is 108 Å². The van der Waals surface area contributed by atoms with Gasteiger partial charge in [0.1, 0.15) is 12.1 Å². The standard InChI is InChI=1S/C19H19Cl2N3O4/c1-11(22-19(28)23-13-7-8-14(20)15(21)10-13)17(25)24-16(18(26)27)9-12-5-3-2-4-6-12/h2-8,10-11,16H,9H2,1H3,(H,24,25)(H,26,27)(H2,22,23,28). The molecule has 0 aromatic heterocycles. The van der Waals surface area contributed by atoms with Crippen molar-refractivity contribution in [2.24, 2.45) is 0 Å². The second-order valence-electron chi connectivity index (χ2n) is 6.04. The molecular formula is C19H19Cl2N3O4. The van der Waals surface area contributed by atoms with Crippen molar-refractivity contribution in [3.8, 4) is 0 Å². The number of aliphatic carboxylic acids is 1. The molecule has 0 heterocycles. The zero-order valence-corrected chi connectivity index (χ0v) is 16.4. The molecule has 2 atom stereocenters. The van der Waals surface area contributed by atoms with Gasteiger partial charge in [-0.15, -0.1) is 0 Å². The Labute approximate surface area is 172 Å². The van der Waals surface area contributed by atoms with E-state index in [1.54, 1.807) is 30.3 Å². The van der Waals surface area contributed by atoms with E-state index < -0.39 is 30.0 Å². The number of nitrogens with one attached hydrogen (secondary N) is 3. The van der Waals surface area contributed by atoms with E-state index in [0.717, 1.165) is 5.56 Å². The summed E-state index contributed by atoms with van der Waals surface area (Å²) in [5.74, 6) is -1.78. The summed E-state index contributed by atoms with van der Waals surface area (Å²) in [7, 11) is 0. The van der Waals surface area contributed by atoms with E-state index >= 15 is 0 Å². The van der Waals surface area contributed by atoms with Gasteiger partial charge in [0.2, 0.25) is 5.91 Å². The second kappa shape index (κ2) is 9.96. The quantitative estimate of drug-likeness (QED) is 0.547. The van der Waals surface area contributed by atoms with Crippen LogP contribution >= 0.6 is 23.2 Å². The predicted octanol–water partition coefficient (Wildman–Crippen LogP) is 3.32. The molecule has 0 aliphatic carbocycles. The Hall–Kier alpha value is -2.77. The molecule has 148 valence electrons. The number of carbonyl (C=O) groups excluding carboxylic acids is 2. The van der Waals surface area contributed by atoms with E-state index in [1.165, 1.54) is 19.1 Å². The molecule has 4 N–H and O–H groups in total. The van der Waals surface area contributed by atoms with E-state index in [2.05, 4.69) is 16.0 Å². The Bertz CT molecular complexity index is 862. The lowest BCUT2D eigenvalue weighted by atomic mass is 10.1. The lowest BCUT2D eigenvalue weighted by molar-refractivity contribution is -0.142. The Balaban J connectivity index is 1.91. The zero-order valence-electron chi connectivity index (χ0n) is 14.9. The number of halogens is 2. The number of hydrogen-bond acceptors (Lipinski definition) is 3. The summed E-state index contributed by atoms with van der Waals surface area (Å²) >= 11 is 11.7. The molecule has 0 aliphatic heterocycles. The van der Waals surface area contributed by atoms with Crippen LogP contribution in [-0.4, -0.2) is 35.1 Å². The van der Waals surface area contributed by atoms with Crippen molar-refractivity contribution in [1.82, 2.24) is 10.6 Å². The molecule has 2 rings (SSSR count). The molecule has 0 bridgehead atoms. The molecule has 0 aliphatic rings. The SMILES string of the molecule is CC(NC(=O)Nc1ccc(Cl)c(Cl)c1)C(=O)NC(Cc1ccccc1)C(=O)O.